The minimum Gasteiger partial charge on any atom is -0.494 e. The number of hydrogen-bond acceptors (Lipinski definition) is 5. The zero-order valence-electron chi connectivity index (χ0n) is 18.3. The first-order valence-corrected chi connectivity index (χ1v) is 11.1. The largest absolute Gasteiger partial charge is 0.494 e. The number of rotatable bonds is 9. The molecule has 0 saturated heterocycles. The van der Waals surface area contributed by atoms with E-state index in [1.807, 2.05) is 54.6 Å². The van der Waals surface area contributed by atoms with Gasteiger partial charge in [0.25, 0.3) is 11.8 Å². The zero-order chi connectivity index (χ0) is 23.6. The second kappa shape index (κ2) is 11.7. The van der Waals surface area contributed by atoms with E-state index in [1.54, 1.807) is 0 Å². The summed E-state index contributed by atoms with van der Waals surface area (Å²) in [5.41, 5.74) is 2.43. The van der Waals surface area contributed by atoms with E-state index in [0.717, 1.165) is 48.8 Å². The van der Waals surface area contributed by atoms with E-state index in [-0.39, 0.29) is 12.6 Å². The number of amides is 2. The molecule has 0 atom stereocenters. The molecule has 0 heterocycles. The summed E-state index contributed by atoms with van der Waals surface area (Å²) in [5.74, 6) is -3.52. The Kier molecular flexibility index (Phi) is 8.46. The molecule has 1 fully saturated rings. The maximum absolute atomic E-state index is 12.8. The number of hydrogen-bond donors (Lipinski definition) is 5. The summed E-state index contributed by atoms with van der Waals surface area (Å²) < 4.78 is 0. The van der Waals surface area contributed by atoms with Crippen LogP contribution in [0.5, 0.6) is 0 Å². The molecule has 0 aromatic heterocycles. The average Bonchev–Trinajstić information content (AvgIpc) is 2.83. The zero-order valence-corrected chi connectivity index (χ0v) is 18.3. The molecule has 0 spiro atoms. The fourth-order valence-electron chi connectivity index (χ4n) is 3.79. The number of benzene rings is 2. The smallest absolute Gasteiger partial charge is 0.322 e. The molecule has 3 rings (SSSR count). The molecule has 2 aromatic carbocycles. The Morgan fingerprint density at radius 2 is 1.42 bits per heavy atom. The van der Waals surface area contributed by atoms with Crippen LogP contribution >= 0.6 is 0 Å². The van der Waals surface area contributed by atoms with Gasteiger partial charge in [0, 0.05) is 12.6 Å². The average molecular weight is 452 g/mol. The van der Waals surface area contributed by atoms with Crippen molar-refractivity contribution in [1.82, 2.24) is 16.0 Å². The fraction of sp³-hybridized carbons (Fsp3) is 0.320. The van der Waals surface area contributed by atoms with Crippen LogP contribution in [0, 0.1) is 0 Å². The van der Waals surface area contributed by atoms with Crippen molar-refractivity contribution < 1.29 is 24.6 Å². The van der Waals surface area contributed by atoms with Crippen LogP contribution in [-0.2, 0) is 20.9 Å². The van der Waals surface area contributed by atoms with Crippen molar-refractivity contribution in [3.05, 3.63) is 71.6 Å². The van der Waals surface area contributed by atoms with Crippen LogP contribution in [-0.4, -0.2) is 40.6 Å². The maximum atomic E-state index is 12.8. The van der Waals surface area contributed by atoms with Crippen molar-refractivity contribution in [2.24, 2.45) is 0 Å². The molecule has 1 saturated carbocycles. The molecule has 8 heteroatoms. The van der Waals surface area contributed by atoms with Gasteiger partial charge >= 0.3 is 5.97 Å². The lowest BCUT2D eigenvalue weighted by molar-refractivity contribution is -0.138. The third-order valence-corrected chi connectivity index (χ3v) is 5.55. The second-order valence-electron chi connectivity index (χ2n) is 8.02. The van der Waals surface area contributed by atoms with E-state index < -0.39 is 35.8 Å². The Morgan fingerprint density at radius 3 is 2.06 bits per heavy atom. The first-order valence-electron chi connectivity index (χ1n) is 11.1. The lowest BCUT2D eigenvalue weighted by Crippen LogP contribution is -2.43. The molecule has 1 aliphatic carbocycles. The van der Waals surface area contributed by atoms with Crippen molar-refractivity contribution in [3.63, 3.8) is 0 Å². The quantitative estimate of drug-likeness (QED) is 0.173. The van der Waals surface area contributed by atoms with E-state index in [0.29, 0.717) is 0 Å². The van der Waals surface area contributed by atoms with Gasteiger partial charge in [0.15, 0.2) is 5.57 Å². The SMILES string of the molecule is O=C(O)CNC(=O)C(C(=O)NC1CCCCC1)=C(O)NCc1ccc(-c2ccccc2)cc1. The Bertz CT molecular complexity index is 996. The normalized spacial score (nSPS) is 14.7. The van der Waals surface area contributed by atoms with Crippen molar-refractivity contribution in [2.45, 2.75) is 44.7 Å². The molecule has 0 aliphatic heterocycles. The van der Waals surface area contributed by atoms with Gasteiger partial charge in [-0.25, -0.2) is 0 Å². The predicted molar refractivity (Wildman–Crippen MR) is 124 cm³/mol. The standard InChI is InChI=1S/C25H29N3O5/c29-21(30)16-27-24(32)22(25(33)28-20-9-5-2-6-10-20)23(31)26-15-17-11-13-19(14-12-17)18-7-3-1-4-8-18/h1,3-4,7-8,11-14,20,26,31H,2,5-6,9-10,15-16H2,(H,27,32)(H,28,33)(H,29,30). The molecule has 2 amide bonds. The van der Waals surface area contributed by atoms with E-state index in [4.69, 9.17) is 5.11 Å². The highest BCUT2D eigenvalue weighted by Gasteiger charge is 2.27. The van der Waals surface area contributed by atoms with Gasteiger partial charge in [0.1, 0.15) is 6.54 Å². The number of carboxylic acids is 1. The van der Waals surface area contributed by atoms with Crippen molar-refractivity contribution in [2.75, 3.05) is 6.54 Å². The molecule has 174 valence electrons. The number of carbonyl (C=O) groups is 3. The summed E-state index contributed by atoms with van der Waals surface area (Å²) in [5, 5.41) is 27.0. The molecule has 2 aromatic rings. The number of aliphatic hydroxyl groups is 1. The maximum Gasteiger partial charge on any atom is 0.322 e. The highest BCUT2D eigenvalue weighted by atomic mass is 16.4. The Balaban J connectivity index is 1.70. The highest BCUT2D eigenvalue weighted by Crippen LogP contribution is 2.20. The van der Waals surface area contributed by atoms with Gasteiger partial charge in [-0.2, -0.15) is 0 Å². The molecule has 5 N–H and O–H groups in total. The molecule has 1 aliphatic rings. The fourth-order valence-corrected chi connectivity index (χ4v) is 3.79. The van der Waals surface area contributed by atoms with E-state index >= 15 is 0 Å². The minimum atomic E-state index is -1.25. The molecule has 8 nitrogen and oxygen atoms in total. The van der Waals surface area contributed by atoms with E-state index in [9.17, 15) is 19.5 Å². The molecule has 0 bridgehead atoms. The molecule has 0 unspecified atom stereocenters. The van der Waals surface area contributed by atoms with Crippen molar-refractivity contribution >= 4 is 17.8 Å². The van der Waals surface area contributed by atoms with Crippen molar-refractivity contribution in [1.29, 1.82) is 0 Å². The Labute approximate surface area is 192 Å². The Morgan fingerprint density at radius 1 is 0.788 bits per heavy atom. The predicted octanol–water partition coefficient (Wildman–Crippen LogP) is 2.86. The number of nitrogens with one attached hydrogen (secondary N) is 3. The van der Waals surface area contributed by atoms with Gasteiger partial charge in [0.2, 0.25) is 5.88 Å². The van der Waals surface area contributed by atoms with Crippen LogP contribution in [0.2, 0.25) is 0 Å². The van der Waals surface area contributed by atoms with Crippen LogP contribution < -0.4 is 16.0 Å². The Hall–Kier alpha value is -3.81. The summed E-state index contributed by atoms with van der Waals surface area (Å²) in [7, 11) is 0. The van der Waals surface area contributed by atoms with Gasteiger partial charge in [-0.1, -0.05) is 73.9 Å². The lowest BCUT2D eigenvalue weighted by Gasteiger charge is -2.23. The summed E-state index contributed by atoms with van der Waals surface area (Å²) in [6.45, 7) is -0.486. The van der Waals surface area contributed by atoms with Gasteiger partial charge in [-0.15, -0.1) is 0 Å². The number of carboxylic acid groups (broad SMARTS) is 1. The molecule has 0 radical (unpaired) electrons. The summed E-state index contributed by atoms with van der Waals surface area (Å²) in [6, 6.07) is 17.5. The summed E-state index contributed by atoms with van der Waals surface area (Å²) >= 11 is 0. The van der Waals surface area contributed by atoms with Gasteiger partial charge < -0.3 is 26.2 Å². The van der Waals surface area contributed by atoms with Crippen LogP contribution in [0.3, 0.4) is 0 Å². The van der Waals surface area contributed by atoms with Crippen LogP contribution in [0.4, 0.5) is 0 Å². The lowest BCUT2D eigenvalue weighted by atomic mass is 9.95. The number of carbonyl (C=O) groups excluding carboxylic acids is 2. The third-order valence-electron chi connectivity index (χ3n) is 5.55. The van der Waals surface area contributed by atoms with Gasteiger partial charge in [-0.3, -0.25) is 14.4 Å². The van der Waals surface area contributed by atoms with Crippen LogP contribution in [0.25, 0.3) is 11.1 Å². The first-order chi connectivity index (χ1) is 15.9. The first kappa shape index (κ1) is 23.8. The van der Waals surface area contributed by atoms with Crippen molar-refractivity contribution in [3.8, 4) is 11.1 Å². The van der Waals surface area contributed by atoms with Gasteiger partial charge in [0.05, 0.1) is 0 Å². The number of aliphatic carboxylic acids is 1. The second-order valence-corrected chi connectivity index (χ2v) is 8.02. The molecule has 33 heavy (non-hydrogen) atoms. The van der Waals surface area contributed by atoms with Crippen LogP contribution in [0.1, 0.15) is 37.7 Å². The van der Waals surface area contributed by atoms with Gasteiger partial charge in [-0.05, 0) is 29.5 Å². The monoisotopic (exact) mass is 451 g/mol. The molecular formula is C25H29N3O5. The van der Waals surface area contributed by atoms with E-state index in [1.165, 1.54) is 0 Å². The highest BCUT2D eigenvalue weighted by molar-refractivity contribution is 6.19. The number of aliphatic hydroxyl groups excluding tert-OH is 1. The summed E-state index contributed by atoms with van der Waals surface area (Å²) in [4.78, 5) is 36.1. The third kappa shape index (κ3) is 7.10. The van der Waals surface area contributed by atoms with Crippen LogP contribution in [0.15, 0.2) is 66.1 Å². The minimum absolute atomic E-state index is 0.0770. The topological polar surface area (TPSA) is 128 Å². The molecular weight excluding hydrogens is 422 g/mol. The van der Waals surface area contributed by atoms with E-state index in [2.05, 4.69) is 16.0 Å². The summed E-state index contributed by atoms with van der Waals surface area (Å²) in [6.07, 6.45) is 4.68.